The Morgan fingerprint density at radius 1 is 1.10 bits per heavy atom. The second kappa shape index (κ2) is 12.7. The molecule has 0 saturated carbocycles. The number of nitrogens with two attached hydrogens (primary N) is 1. The average Bonchev–Trinajstić information content (AvgIpc) is 3.36. The fraction of sp³-hybridized carbons (Fsp3) is 0.207. The maximum Gasteiger partial charge on any atom is 0.348 e. The summed E-state index contributed by atoms with van der Waals surface area (Å²) in [6.07, 6.45) is 0. The van der Waals surface area contributed by atoms with Gasteiger partial charge in [-0.15, -0.1) is 5.10 Å². The van der Waals surface area contributed by atoms with Gasteiger partial charge in [0.05, 0.1) is 17.9 Å². The second-order valence-electron chi connectivity index (χ2n) is 9.33. The number of hydrogen-bond acceptors (Lipinski definition) is 8. The molecule has 0 aliphatic heterocycles. The molecule has 218 valence electrons. The Bertz CT molecular complexity index is 1660. The predicted molar refractivity (Wildman–Crippen MR) is 156 cm³/mol. The maximum atomic E-state index is 13.1. The van der Waals surface area contributed by atoms with Gasteiger partial charge in [0.25, 0.3) is 5.91 Å². The van der Waals surface area contributed by atoms with Crippen LogP contribution in [0, 0.1) is 5.41 Å². The van der Waals surface area contributed by atoms with E-state index in [2.05, 4.69) is 15.4 Å². The summed E-state index contributed by atoms with van der Waals surface area (Å²) >= 11 is 0. The largest absolute Gasteiger partial charge is 0.490 e. The van der Waals surface area contributed by atoms with Gasteiger partial charge in [-0.1, -0.05) is 18.2 Å². The first-order valence-electron chi connectivity index (χ1n) is 12.9. The van der Waals surface area contributed by atoms with Crippen molar-refractivity contribution in [3.63, 3.8) is 0 Å². The van der Waals surface area contributed by atoms with Gasteiger partial charge >= 0.3 is 11.7 Å². The number of H-pyrrole nitrogens is 1. The van der Waals surface area contributed by atoms with Crippen LogP contribution in [0.3, 0.4) is 0 Å². The highest BCUT2D eigenvalue weighted by Gasteiger charge is 2.24. The van der Waals surface area contributed by atoms with Crippen LogP contribution in [-0.4, -0.2) is 69.8 Å². The van der Waals surface area contributed by atoms with E-state index in [1.807, 2.05) is 6.92 Å². The summed E-state index contributed by atoms with van der Waals surface area (Å²) in [6.45, 7) is 1.95. The fourth-order valence-corrected chi connectivity index (χ4v) is 4.06. The lowest BCUT2D eigenvalue weighted by atomic mass is 10.0. The molecule has 1 aromatic heterocycles. The van der Waals surface area contributed by atoms with Gasteiger partial charge in [-0.25, -0.2) is 9.59 Å². The summed E-state index contributed by atoms with van der Waals surface area (Å²) in [7, 11) is 3.26. The molecule has 1 amide bonds. The highest BCUT2D eigenvalue weighted by molar-refractivity contribution is 5.95. The Balaban J connectivity index is 1.79. The first-order valence-corrected chi connectivity index (χ1v) is 12.9. The molecule has 0 aliphatic carbocycles. The van der Waals surface area contributed by atoms with Gasteiger partial charge in [0, 0.05) is 25.3 Å². The van der Waals surface area contributed by atoms with Gasteiger partial charge in [-0.2, -0.15) is 4.68 Å². The van der Waals surface area contributed by atoms with Crippen molar-refractivity contribution in [3.8, 4) is 17.2 Å². The number of nitrogens with one attached hydrogen (secondary N) is 3. The first kappa shape index (κ1) is 29.4. The topological polar surface area (TPSA) is 189 Å². The van der Waals surface area contributed by atoms with E-state index in [9.17, 15) is 19.5 Å². The van der Waals surface area contributed by atoms with Gasteiger partial charge in [0.15, 0.2) is 23.9 Å². The number of benzene rings is 3. The zero-order valence-corrected chi connectivity index (χ0v) is 23.2. The third kappa shape index (κ3) is 6.58. The lowest BCUT2D eigenvalue weighted by Gasteiger charge is -2.21. The van der Waals surface area contributed by atoms with E-state index in [1.165, 1.54) is 17.0 Å². The lowest BCUT2D eigenvalue weighted by Crippen LogP contribution is -2.27. The molecule has 1 unspecified atom stereocenters. The number of likely N-dealkylation sites (N-methyl/N-ethyl adjacent to an activating group) is 1. The fourth-order valence-electron chi connectivity index (χ4n) is 4.06. The number of hydrogen-bond donors (Lipinski definition) is 5. The third-order valence-electron chi connectivity index (χ3n) is 6.23. The van der Waals surface area contributed by atoms with Crippen LogP contribution in [0.15, 0.2) is 71.5 Å². The number of aromatic nitrogens is 3. The molecule has 4 rings (SSSR count). The standard InChI is InChI=1S/C29H31N7O6/c1-4-41-23-15-18(11-14-22(23)42-16-24(37)35(2)3)25(32-19-12-9-17(10-13-19)26(30)31)27-33-29(40)36(34-27)21-8-6-5-7-20(21)28(38)39/h5-15,25,32H,4,16H2,1-3H3,(H3,30,31)(H,38,39)(H,33,34,40). The van der Waals surface area contributed by atoms with Gasteiger partial charge in [0.1, 0.15) is 11.9 Å². The number of carbonyl (C=O) groups excluding carboxylic acids is 1. The molecule has 0 spiro atoms. The Labute approximate surface area is 241 Å². The molecule has 0 fully saturated rings. The number of amides is 1. The molecule has 6 N–H and O–H groups in total. The molecule has 0 bridgehead atoms. The van der Waals surface area contributed by atoms with E-state index in [0.29, 0.717) is 34.9 Å². The van der Waals surface area contributed by atoms with Gasteiger partial charge in [0.2, 0.25) is 0 Å². The smallest absolute Gasteiger partial charge is 0.348 e. The average molecular weight is 574 g/mol. The normalized spacial score (nSPS) is 11.4. The molecular weight excluding hydrogens is 542 g/mol. The van der Waals surface area contributed by atoms with Gasteiger partial charge in [-0.05, 0) is 61.0 Å². The number of carboxylic acid groups (broad SMARTS) is 1. The molecule has 42 heavy (non-hydrogen) atoms. The molecule has 0 aliphatic rings. The molecule has 0 radical (unpaired) electrons. The summed E-state index contributed by atoms with van der Waals surface area (Å²) in [5.74, 6) is -0.586. The quantitative estimate of drug-likeness (QED) is 0.125. The van der Waals surface area contributed by atoms with Crippen LogP contribution < -0.4 is 26.2 Å². The third-order valence-corrected chi connectivity index (χ3v) is 6.23. The van der Waals surface area contributed by atoms with E-state index in [0.717, 1.165) is 4.68 Å². The van der Waals surface area contributed by atoms with E-state index < -0.39 is 17.7 Å². The Kier molecular flexibility index (Phi) is 8.90. The van der Waals surface area contributed by atoms with Crippen LogP contribution in [0.4, 0.5) is 5.69 Å². The minimum Gasteiger partial charge on any atom is -0.490 e. The molecular formula is C29H31N7O6. The van der Waals surface area contributed by atoms with Crippen molar-refractivity contribution in [2.45, 2.75) is 13.0 Å². The number of para-hydroxylation sites is 1. The monoisotopic (exact) mass is 573 g/mol. The molecule has 0 saturated heterocycles. The van der Waals surface area contributed by atoms with E-state index in [-0.39, 0.29) is 35.4 Å². The van der Waals surface area contributed by atoms with Crippen molar-refractivity contribution < 1.29 is 24.2 Å². The first-order chi connectivity index (χ1) is 20.1. The number of ether oxygens (including phenoxy) is 2. The highest BCUT2D eigenvalue weighted by Crippen LogP contribution is 2.34. The van der Waals surface area contributed by atoms with Crippen LogP contribution in [0.25, 0.3) is 5.69 Å². The number of nitrogens with zero attached hydrogens (tertiary/aromatic N) is 3. The molecule has 13 heteroatoms. The Morgan fingerprint density at radius 2 is 1.81 bits per heavy atom. The van der Waals surface area contributed by atoms with Crippen molar-refractivity contribution in [3.05, 3.63) is 99.7 Å². The summed E-state index contributed by atoms with van der Waals surface area (Å²) in [4.78, 5) is 41.1. The minimum atomic E-state index is -1.20. The number of nitrogen functional groups attached to an aromatic ring is 1. The lowest BCUT2D eigenvalue weighted by molar-refractivity contribution is -0.130. The van der Waals surface area contributed by atoms with Crippen LogP contribution in [-0.2, 0) is 4.79 Å². The maximum absolute atomic E-state index is 13.1. The van der Waals surface area contributed by atoms with Gasteiger partial charge in [-0.3, -0.25) is 15.2 Å². The molecule has 1 atom stereocenters. The van der Waals surface area contributed by atoms with Crippen molar-refractivity contribution in [1.29, 1.82) is 5.41 Å². The SMILES string of the molecule is CCOc1cc(C(Nc2ccc(C(=N)N)cc2)c2nn(-c3ccccc3C(=O)O)c(=O)[nH]2)ccc1OCC(=O)N(C)C. The zero-order chi connectivity index (χ0) is 30.4. The van der Waals surface area contributed by atoms with E-state index >= 15 is 0 Å². The van der Waals surface area contributed by atoms with Crippen molar-refractivity contribution >= 4 is 23.4 Å². The molecule has 1 heterocycles. The highest BCUT2D eigenvalue weighted by atomic mass is 16.5. The van der Waals surface area contributed by atoms with Crippen molar-refractivity contribution in [2.75, 3.05) is 32.6 Å². The number of carbonyl (C=O) groups is 2. The summed E-state index contributed by atoms with van der Waals surface area (Å²) < 4.78 is 12.5. The Morgan fingerprint density at radius 3 is 2.45 bits per heavy atom. The summed E-state index contributed by atoms with van der Waals surface area (Å²) in [5.41, 5.74) is 6.75. The van der Waals surface area contributed by atoms with Crippen LogP contribution in [0.1, 0.15) is 40.3 Å². The molecule has 13 nitrogen and oxygen atoms in total. The van der Waals surface area contributed by atoms with E-state index in [1.54, 1.807) is 68.7 Å². The number of carboxylic acids is 1. The van der Waals surface area contributed by atoms with E-state index in [4.69, 9.17) is 20.6 Å². The number of aromatic amines is 1. The zero-order valence-electron chi connectivity index (χ0n) is 23.2. The summed E-state index contributed by atoms with van der Waals surface area (Å²) in [6, 6.07) is 17.2. The number of anilines is 1. The second-order valence-corrected chi connectivity index (χ2v) is 9.33. The van der Waals surface area contributed by atoms with Crippen LogP contribution in [0.2, 0.25) is 0 Å². The Hall–Kier alpha value is -5.59. The summed E-state index contributed by atoms with van der Waals surface area (Å²) in [5, 5.41) is 25.1. The van der Waals surface area contributed by atoms with Crippen LogP contribution >= 0.6 is 0 Å². The predicted octanol–water partition coefficient (Wildman–Crippen LogP) is 2.61. The molecule has 3 aromatic carbocycles. The number of rotatable bonds is 12. The molecule has 4 aromatic rings. The van der Waals surface area contributed by atoms with Crippen molar-refractivity contribution in [1.82, 2.24) is 19.7 Å². The van der Waals surface area contributed by atoms with Crippen LogP contribution in [0.5, 0.6) is 11.5 Å². The van der Waals surface area contributed by atoms with Gasteiger partial charge < -0.3 is 30.5 Å². The minimum absolute atomic E-state index is 0.0806. The number of aromatic carboxylic acids is 1. The van der Waals surface area contributed by atoms with Crippen molar-refractivity contribution in [2.24, 2.45) is 5.73 Å². The number of amidine groups is 1.